The third kappa shape index (κ3) is 2.73. The molecule has 26 heavy (non-hydrogen) atoms. The Balaban J connectivity index is 1.61. The van der Waals surface area contributed by atoms with Crippen LogP contribution in [0.15, 0.2) is 36.4 Å². The number of nitrogens with zero attached hydrogens (tertiary/aromatic N) is 1. The Morgan fingerprint density at radius 1 is 1.12 bits per heavy atom. The smallest absolute Gasteiger partial charge is 0.337 e. The van der Waals surface area contributed by atoms with E-state index in [9.17, 15) is 14.4 Å². The predicted octanol–water partition coefficient (Wildman–Crippen LogP) is 2.56. The van der Waals surface area contributed by atoms with Crippen LogP contribution >= 0.6 is 0 Å². The maximum atomic E-state index is 12.7. The maximum absolute atomic E-state index is 12.7. The van der Waals surface area contributed by atoms with Crippen molar-refractivity contribution in [1.29, 1.82) is 0 Å². The zero-order valence-corrected chi connectivity index (χ0v) is 14.4. The topological polar surface area (TPSA) is 75.7 Å². The van der Waals surface area contributed by atoms with Gasteiger partial charge in [-0.1, -0.05) is 6.07 Å². The van der Waals surface area contributed by atoms with E-state index in [4.69, 9.17) is 4.74 Å². The van der Waals surface area contributed by atoms with Crippen LogP contribution < -0.4 is 10.2 Å². The zero-order valence-electron chi connectivity index (χ0n) is 14.4. The third-order valence-electron chi connectivity index (χ3n) is 4.81. The lowest BCUT2D eigenvalue weighted by molar-refractivity contribution is -0.117. The molecule has 0 saturated heterocycles. The van der Waals surface area contributed by atoms with Gasteiger partial charge >= 0.3 is 5.97 Å². The van der Waals surface area contributed by atoms with E-state index in [1.54, 1.807) is 30.3 Å². The summed E-state index contributed by atoms with van der Waals surface area (Å²) in [7, 11) is 1.31. The average molecular weight is 350 g/mol. The van der Waals surface area contributed by atoms with Gasteiger partial charge in [0.25, 0.3) is 5.91 Å². The number of ether oxygens (including phenoxy) is 1. The van der Waals surface area contributed by atoms with Gasteiger partial charge in [-0.2, -0.15) is 0 Å². The Labute approximate surface area is 150 Å². The lowest BCUT2D eigenvalue weighted by Crippen LogP contribution is -2.31. The molecule has 0 spiro atoms. The molecule has 2 heterocycles. The van der Waals surface area contributed by atoms with Crippen molar-refractivity contribution in [3.63, 3.8) is 0 Å². The Morgan fingerprint density at radius 2 is 1.92 bits per heavy atom. The number of rotatable bonds is 3. The molecule has 0 unspecified atom stereocenters. The lowest BCUT2D eigenvalue weighted by Gasteiger charge is -2.25. The van der Waals surface area contributed by atoms with Crippen LogP contribution in [-0.2, 0) is 22.4 Å². The predicted molar refractivity (Wildman–Crippen MR) is 96.6 cm³/mol. The zero-order chi connectivity index (χ0) is 18.3. The van der Waals surface area contributed by atoms with Crippen molar-refractivity contribution in [3.8, 4) is 0 Å². The van der Waals surface area contributed by atoms with Crippen LogP contribution in [0.2, 0.25) is 0 Å². The fourth-order valence-electron chi connectivity index (χ4n) is 3.66. The summed E-state index contributed by atoms with van der Waals surface area (Å²) in [5.41, 5.74) is 4.37. The number of esters is 1. The molecule has 1 N–H and O–H groups in total. The highest BCUT2D eigenvalue weighted by atomic mass is 16.5. The summed E-state index contributed by atoms with van der Waals surface area (Å²) in [6.45, 7) is 0.755. The van der Waals surface area contributed by atoms with Crippen LogP contribution in [-0.4, -0.2) is 31.4 Å². The van der Waals surface area contributed by atoms with Gasteiger partial charge in [0.05, 0.1) is 24.8 Å². The molecule has 2 aromatic rings. The molecule has 132 valence electrons. The first kappa shape index (κ1) is 16.3. The molecule has 6 nitrogen and oxygen atoms in total. The third-order valence-corrected chi connectivity index (χ3v) is 4.81. The summed E-state index contributed by atoms with van der Waals surface area (Å²) in [4.78, 5) is 38.3. The van der Waals surface area contributed by atoms with Crippen molar-refractivity contribution in [1.82, 2.24) is 0 Å². The highest BCUT2D eigenvalue weighted by Gasteiger charge is 2.32. The number of carbonyl (C=O) groups excluding carboxylic acids is 3. The van der Waals surface area contributed by atoms with Gasteiger partial charge in [-0.25, -0.2) is 4.79 Å². The lowest BCUT2D eigenvalue weighted by atomic mass is 9.96. The Bertz CT molecular complexity index is 935. The van der Waals surface area contributed by atoms with E-state index in [0.29, 0.717) is 23.2 Å². The molecule has 0 aliphatic carbocycles. The highest BCUT2D eigenvalue weighted by Crippen LogP contribution is 2.37. The van der Waals surface area contributed by atoms with E-state index < -0.39 is 5.97 Å². The van der Waals surface area contributed by atoms with Crippen LogP contribution in [0.5, 0.6) is 0 Å². The number of benzene rings is 2. The van der Waals surface area contributed by atoms with E-state index in [2.05, 4.69) is 5.32 Å². The number of amides is 2. The van der Waals surface area contributed by atoms with Crippen molar-refractivity contribution in [2.24, 2.45) is 0 Å². The van der Waals surface area contributed by atoms with Crippen molar-refractivity contribution in [2.45, 2.75) is 19.3 Å². The molecule has 0 atom stereocenters. The van der Waals surface area contributed by atoms with E-state index in [1.807, 2.05) is 11.0 Å². The fraction of sp³-hybridized carbons (Fsp3) is 0.250. The molecule has 0 bridgehead atoms. The monoisotopic (exact) mass is 350 g/mol. The Kier molecular flexibility index (Phi) is 3.95. The molecule has 2 amide bonds. The van der Waals surface area contributed by atoms with E-state index in [1.165, 1.54) is 7.11 Å². The number of methoxy groups -OCH3 is 1. The first-order valence-electron chi connectivity index (χ1n) is 8.52. The van der Waals surface area contributed by atoms with E-state index >= 15 is 0 Å². The van der Waals surface area contributed by atoms with Crippen molar-refractivity contribution in [3.05, 3.63) is 58.7 Å². The summed E-state index contributed by atoms with van der Waals surface area (Å²) < 4.78 is 4.70. The molecular weight excluding hydrogens is 332 g/mol. The largest absolute Gasteiger partial charge is 0.465 e. The van der Waals surface area contributed by atoms with Crippen LogP contribution in [0.25, 0.3) is 0 Å². The number of nitrogens with one attached hydrogen (secondary N) is 1. The normalized spacial score (nSPS) is 14.8. The second-order valence-electron chi connectivity index (χ2n) is 6.50. The highest BCUT2D eigenvalue weighted by molar-refractivity contribution is 6.08. The van der Waals surface area contributed by atoms with Gasteiger partial charge in [0.2, 0.25) is 5.91 Å². The molecule has 0 radical (unpaired) electrons. The second kappa shape index (κ2) is 6.29. The summed E-state index contributed by atoms with van der Waals surface area (Å²) in [5, 5.41) is 2.82. The molecule has 6 heteroatoms. The van der Waals surface area contributed by atoms with Crippen molar-refractivity contribution in [2.75, 3.05) is 23.9 Å². The van der Waals surface area contributed by atoms with Crippen LogP contribution in [0.3, 0.4) is 0 Å². The quantitative estimate of drug-likeness (QED) is 0.863. The molecule has 2 aromatic carbocycles. The summed E-state index contributed by atoms with van der Waals surface area (Å²) >= 11 is 0. The van der Waals surface area contributed by atoms with Crippen LogP contribution in [0.1, 0.15) is 38.3 Å². The molecule has 0 fully saturated rings. The SMILES string of the molecule is COC(=O)c1cccc(NC(=O)c2cc3c4c(c2)CC(=O)N4CCC3)c1. The Morgan fingerprint density at radius 3 is 2.73 bits per heavy atom. The summed E-state index contributed by atoms with van der Waals surface area (Å²) in [6, 6.07) is 10.3. The molecular formula is C20H18N2O4. The van der Waals surface area contributed by atoms with Crippen LogP contribution in [0.4, 0.5) is 11.4 Å². The number of aryl methyl sites for hydroxylation is 1. The first-order chi connectivity index (χ1) is 12.6. The standard InChI is InChI=1S/C20H18N2O4/c1-26-20(25)13-4-2-6-16(10-13)21-19(24)15-8-12-5-3-7-22-17(23)11-14(9-15)18(12)22/h2,4,6,8-10H,3,5,7,11H2,1H3,(H,21,24). The Hall–Kier alpha value is -3.15. The summed E-state index contributed by atoms with van der Waals surface area (Å²) in [6.07, 6.45) is 2.12. The first-order valence-corrected chi connectivity index (χ1v) is 8.52. The van der Waals surface area contributed by atoms with Crippen LogP contribution in [0, 0.1) is 0 Å². The van der Waals surface area contributed by atoms with Gasteiger partial charge in [-0.3, -0.25) is 9.59 Å². The molecule has 0 saturated carbocycles. The van der Waals surface area contributed by atoms with Gasteiger partial charge < -0.3 is 15.0 Å². The van der Waals surface area contributed by atoms with Crippen molar-refractivity contribution >= 4 is 29.2 Å². The molecule has 2 aliphatic heterocycles. The van der Waals surface area contributed by atoms with E-state index in [-0.39, 0.29) is 11.8 Å². The number of anilines is 2. The minimum Gasteiger partial charge on any atom is -0.465 e. The molecule has 2 aliphatic rings. The molecule has 0 aromatic heterocycles. The molecule has 4 rings (SSSR count). The van der Waals surface area contributed by atoms with Gasteiger partial charge in [0.15, 0.2) is 0 Å². The van der Waals surface area contributed by atoms with E-state index in [0.717, 1.165) is 36.2 Å². The second-order valence-corrected chi connectivity index (χ2v) is 6.50. The van der Waals surface area contributed by atoms with Gasteiger partial charge in [-0.05, 0) is 54.3 Å². The fourth-order valence-corrected chi connectivity index (χ4v) is 3.66. The van der Waals surface area contributed by atoms with Gasteiger partial charge in [0, 0.05) is 17.8 Å². The minimum atomic E-state index is -0.457. The number of hydrogen-bond donors (Lipinski definition) is 1. The van der Waals surface area contributed by atoms with Gasteiger partial charge in [-0.15, -0.1) is 0 Å². The van der Waals surface area contributed by atoms with Crippen molar-refractivity contribution < 1.29 is 19.1 Å². The number of carbonyl (C=O) groups is 3. The minimum absolute atomic E-state index is 0.101. The number of hydrogen-bond acceptors (Lipinski definition) is 4. The summed E-state index contributed by atoms with van der Waals surface area (Å²) in [5.74, 6) is -0.617. The van der Waals surface area contributed by atoms with Gasteiger partial charge in [0.1, 0.15) is 0 Å². The maximum Gasteiger partial charge on any atom is 0.337 e. The average Bonchev–Trinajstić information content (AvgIpc) is 2.98.